The standard InChI is InChI=1S/C7H8BNO4/c9-6-3-1-5(2-4-6)8(12)13-7(10)11/h1-4,12H,9H2,(H,10,11). The predicted octanol–water partition coefficient (Wildman–Crippen LogP) is -0.349. The first kappa shape index (κ1) is 9.40. The third-order valence-electron chi connectivity index (χ3n) is 1.43. The van der Waals surface area contributed by atoms with Crippen molar-refractivity contribution in [1.29, 1.82) is 0 Å². The highest BCUT2D eigenvalue weighted by Crippen LogP contribution is 1.97. The number of nitrogens with two attached hydrogens (primary N) is 1. The zero-order valence-electron chi connectivity index (χ0n) is 6.68. The van der Waals surface area contributed by atoms with E-state index in [1.807, 2.05) is 0 Å². The Hall–Kier alpha value is -1.69. The lowest BCUT2D eigenvalue weighted by atomic mass is 9.80. The predicted molar refractivity (Wildman–Crippen MR) is 47.6 cm³/mol. The molecule has 1 aromatic carbocycles. The molecule has 0 atom stereocenters. The molecule has 0 amide bonds. The minimum atomic E-state index is -1.52. The summed E-state index contributed by atoms with van der Waals surface area (Å²) >= 11 is 0. The molecule has 0 aliphatic carbocycles. The summed E-state index contributed by atoms with van der Waals surface area (Å²) in [6.45, 7) is 0. The van der Waals surface area contributed by atoms with Gasteiger partial charge < -0.3 is 20.5 Å². The average molecular weight is 181 g/mol. The Morgan fingerprint density at radius 3 is 2.38 bits per heavy atom. The second-order valence-electron chi connectivity index (χ2n) is 2.40. The number of hydrogen-bond donors (Lipinski definition) is 3. The second kappa shape index (κ2) is 3.82. The largest absolute Gasteiger partial charge is 0.564 e. The molecule has 0 heterocycles. The molecule has 1 aromatic rings. The molecular formula is C7H8BNO4. The first-order valence-corrected chi connectivity index (χ1v) is 3.52. The van der Waals surface area contributed by atoms with Gasteiger partial charge in [0.1, 0.15) is 0 Å². The zero-order chi connectivity index (χ0) is 9.84. The van der Waals surface area contributed by atoms with Crippen LogP contribution in [0.25, 0.3) is 0 Å². The van der Waals surface area contributed by atoms with Gasteiger partial charge in [0.2, 0.25) is 0 Å². The lowest BCUT2D eigenvalue weighted by molar-refractivity contribution is 0.137. The zero-order valence-corrected chi connectivity index (χ0v) is 6.68. The maximum absolute atomic E-state index is 10.0. The van der Waals surface area contributed by atoms with Gasteiger partial charge in [-0.2, -0.15) is 0 Å². The Labute approximate surface area is 74.9 Å². The van der Waals surface area contributed by atoms with Crippen LogP contribution in [0.1, 0.15) is 0 Å². The van der Waals surface area contributed by atoms with Crippen molar-refractivity contribution in [3.8, 4) is 0 Å². The number of hydrogen-bond acceptors (Lipinski definition) is 4. The lowest BCUT2D eigenvalue weighted by Crippen LogP contribution is -2.35. The van der Waals surface area contributed by atoms with Crippen LogP contribution in [0.4, 0.5) is 10.5 Å². The molecule has 0 fully saturated rings. The van der Waals surface area contributed by atoms with Crippen molar-refractivity contribution in [2.75, 3.05) is 5.73 Å². The molecule has 0 spiro atoms. The van der Waals surface area contributed by atoms with E-state index >= 15 is 0 Å². The highest BCUT2D eigenvalue weighted by atomic mass is 16.7. The van der Waals surface area contributed by atoms with Crippen LogP contribution >= 0.6 is 0 Å². The van der Waals surface area contributed by atoms with Gasteiger partial charge in [0.25, 0.3) is 0 Å². The van der Waals surface area contributed by atoms with E-state index in [-0.39, 0.29) is 0 Å². The van der Waals surface area contributed by atoms with Crippen LogP contribution in [-0.2, 0) is 4.65 Å². The van der Waals surface area contributed by atoms with E-state index in [2.05, 4.69) is 4.65 Å². The van der Waals surface area contributed by atoms with Gasteiger partial charge in [-0.3, -0.25) is 0 Å². The summed E-state index contributed by atoms with van der Waals surface area (Å²) in [7, 11) is -1.46. The van der Waals surface area contributed by atoms with Gasteiger partial charge in [-0.25, -0.2) is 4.79 Å². The van der Waals surface area contributed by atoms with E-state index in [4.69, 9.17) is 15.9 Å². The topological polar surface area (TPSA) is 92.8 Å². The Kier molecular flexibility index (Phi) is 2.76. The van der Waals surface area contributed by atoms with Crippen molar-refractivity contribution in [2.45, 2.75) is 0 Å². The number of carboxylic acid groups (broad SMARTS) is 1. The van der Waals surface area contributed by atoms with Gasteiger partial charge in [-0.1, -0.05) is 12.1 Å². The molecule has 0 aromatic heterocycles. The molecule has 4 N–H and O–H groups in total. The molecule has 5 nitrogen and oxygen atoms in total. The first-order chi connectivity index (χ1) is 6.09. The molecular weight excluding hydrogens is 173 g/mol. The van der Waals surface area contributed by atoms with Crippen LogP contribution in [0.3, 0.4) is 0 Å². The summed E-state index contributed by atoms with van der Waals surface area (Å²) in [5, 5.41) is 17.3. The lowest BCUT2D eigenvalue weighted by Gasteiger charge is -2.04. The van der Waals surface area contributed by atoms with Gasteiger partial charge in [-0.15, -0.1) is 0 Å². The van der Waals surface area contributed by atoms with Crippen molar-refractivity contribution in [2.24, 2.45) is 0 Å². The van der Waals surface area contributed by atoms with E-state index < -0.39 is 13.3 Å². The van der Waals surface area contributed by atoms with Crippen molar-refractivity contribution in [3.05, 3.63) is 24.3 Å². The summed E-state index contributed by atoms with van der Waals surface area (Å²) in [4.78, 5) is 10.0. The van der Waals surface area contributed by atoms with Crippen LogP contribution in [-0.4, -0.2) is 23.4 Å². The Bertz CT molecular complexity index is 300. The smallest absolute Gasteiger partial charge is 0.473 e. The van der Waals surface area contributed by atoms with E-state index in [1.54, 1.807) is 12.1 Å². The minimum absolute atomic E-state index is 0.344. The van der Waals surface area contributed by atoms with Gasteiger partial charge in [-0.05, 0) is 17.6 Å². The molecule has 0 radical (unpaired) electrons. The summed E-state index contributed by atoms with van der Waals surface area (Å²) in [5.41, 5.74) is 6.27. The Balaban J connectivity index is 2.71. The van der Waals surface area contributed by atoms with Crippen molar-refractivity contribution in [3.63, 3.8) is 0 Å². The van der Waals surface area contributed by atoms with Crippen molar-refractivity contribution < 1.29 is 19.6 Å². The van der Waals surface area contributed by atoms with Crippen LogP contribution in [0.2, 0.25) is 0 Å². The third kappa shape index (κ3) is 2.68. The molecule has 0 unspecified atom stereocenters. The van der Waals surface area contributed by atoms with E-state index in [1.165, 1.54) is 12.1 Å². The Morgan fingerprint density at radius 2 is 1.92 bits per heavy atom. The summed E-state index contributed by atoms with van der Waals surface area (Å²) < 4.78 is 4.11. The van der Waals surface area contributed by atoms with Gasteiger partial charge in [0.05, 0.1) is 0 Å². The van der Waals surface area contributed by atoms with Crippen LogP contribution in [0.15, 0.2) is 24.3 Å². The molecule has 0 saturated carbocycles. The maximum Gasteiger partial charge on any atom is 0.564 e. The van der Waals surface area contributed by atoms with Crippen LogP contribution < -0.4 is 11.2 Å². The first-order valence-electron chi connectivity index (χ1n) is 3.52. The van der Waals surface area contributed by atoms with Crippen LogP contribution in [0, 0.1) is 0 Å². The SMILES string of the molecule is Nc1ccc(B(O)OC(=O)O)cc1. The molecule has 0 saturated heterocycles. The van der Waals surface area contributed by atoms with Crippen molar-refractivity contribution in [1.82, 2.24) is 0 Å². The number of benzene rings is 1. The number of nitrogen functional groups attached to an aromatic ring is 1. The quantitative estimate of drug-likeness (QED) is 0.428. The third-order valence-corrected chi connectivity index (χ3v) is 1.43. The minimum Gasteiger partial charge on any atom is -0.473 e. The molecule has 0 aliphatic heterocycles. The molecule has 13 heavy (non-hydrogen) atoms. The highest BCUT2D eigenvalue weighted by Gasteiger charge is 2.20. The van der Waals surface area contributed by atoms with Crippen LogP contribution in [0.5, 0.6) is 0 Å². The monoisotopic (exact) mass is 181 g/mol. The summed E-state index contributed by atoms with van der Waals surface area (Å²) in [5.74, 6) is 0. The molecule has 68 valence electrons. The summed E-state index contributed by atoms with van der Waals surface area (Å²) in [6.07, 6.45) is -1.52. The second-order valence-corrected chi connectivity index (χ2v) is 2.40. The van der Waals surface area contributed by atoms with Gasteiger partial charge in [0, 0.05) is 5.69 Å². The molecule has 6 heteroatoms. The van der Waals surface area contributed by atoms with Gasteiger partial charge >= 0.3 is 13.3 Å². The van der Waals surface area contributed by atoms with E-state index in [9.17, 15) is 4.79 Å². The number of rotatable bonds is 2. The number of anilines is 1. The fourth-order valence-corrected chi connectivity index (χ4v) is 0.824. The maximum atomic E-state index is 10.0. The fraction of sp³-hybridized carbons (Fsp3) is 0. The van der Waals surface area contributed by atoms with E-state index in [0.717, 1.165) is 0 Å². The molecule has 1 rings (SSSR count). The fourth-order valence-electron chi connectivity index (χ4n) is 0.824. The number of carbonyl (C=O) groups is 1. The van der Waals surface area contributed by atoms with Crippen molar-refractivity contribution >= 4 is 24.4 Å². The van der Waals surface area contributed by atoms with Gasteiger partial charge in [0.15, 0.2) is 0 Å². The van der Waals surface area contributed by atoms with E-state index in [0.29, 0.717) is 11.2 Å². The highest BCUT2D eigenvalue weighted by molar-refractivity contribution is 6.61. The Morgan fingerprint density at radius 1 is 1.38 bits per heavy atom. The summed E-state index contributed by atoms with van der Waals surface area (Å²) in [6, 6.07) is 6.07. The molecule has 0 aliphatic rings. The molecule has 0 bridgehead atoms. The average Bonchev–Trinajstić information content (AvgIpc) is 2.04. The normalized spacial score (nSPS) is 9.31.